The second-order valence-corrected chi connectivity index (χ2v) is 9.30. The SMILES string of the molecule is CC(C)NC(=O)O[C@@H]1CC[C@H](C2CC(NC(=O)Cc3cccc4ncsc34)NN2)C1. The number of carbonyl (C=O) groups is 2. The van der Waals surface area contributed by atoms with Gasteiger partial charge in [0, 0.05) is 12.1 Å². The van der Waals surface area contributed by atoms with E-state index in [9.17, 15) is 9.59 Å². The molecule has 0 radical (unpaired) electrons. The number of benzene rings is 1. The van der Waals surface area contributed by atoms with Gasteiger partial charge in [-0.05, 0) is 57.1 Å². The Labute approximate surface area is 180 Å². The summed E-state index contributed by atoms with van der Waals surface area (Å²) in [7, 11) is 0. The number of hydrogen-bond acceptors (Lipinski definition) is 7. The lowest BCUT2D eigenvalue weighted by Crippen LogP contribution is -2.45. The van der Waals surface area contributed by atoms with Gasteiger partial charge in [0.1, 0.15) is 6.10 Å². The minimum atomic E-state index is -0.339. The summed E-state index contributed by atoms with van der Waals surface area (Å²) < 4.78 is 6.60. The van der Waals surface area contributed by atoms with Crippen molar-refractivity contribution in [2.75, 3.05) is 0 Å². The van der Waals surface area contributed by atoms with Crippen LogP contribution in [0.15, 0.2) is 23.7 Å². The lowest BCUT2D eigenvalue weighted by atomic mass is 9.96. The maximum Gasteiger partial charge on any atom is 0.407 e. The monoisotopic (exact) mass is 431 g/mol. The highest BCUT2D eigenvalue weighted by Gasteiger charge is 2.37. The Bertz CT molecular complexity index is 902. The summed E-state index contributed by atoms with van der Waals surface area (Å²) in [6.45, 7) is 3.83. The van der Waals surface area contributed by atoms with E-state index in [0.717, 1.165) is 41.5 Å². The van der Waals surface area contributed by atoms with E-state index in [0.29, 0.717) is 12.3 Å². The van der Waals surface area contributed by atoms with Crippen molar-refractivity contribution in [3.05, 3.63) is 29.3 Å². The van der Waals surface area contributed by atoms with Crippen molar-refractivity contribution in [2.24, 2.45) is 5.92 Å². The first-order chi connectivity index (χ1) is 14.5. The molecule has 9 heteroatoms. The molecule has 4 rings (SSSR count). The largest absolute Gasteiger partial charge is 0.446 e. The second kappa shape index (κ2) is 9.28. The van der Waals surface area contributed by atoms with Gasteiger partial charge < -0.3 is 15.4 Å². The van der Waals surface area contributed by atoms with Gasteiger partial charge in [-0.25, -0.2) is 15.2 Å². The van der Waals surface area contributed by atoms with Crippen molar-refractivity contribution in [2.45, 2.75) is 70.3 Å². The highest BCUT2D eigenvalue weighted by Crippen LogP contribution is 2.33. The molecule has 1 aliphatic heterocycles. The smallest absolute Gasteiger partial charge is 0.407 e. The van der Waals surface area contributed by atoms with E-state index in [-0.39, 0.29) is 36.4 Å². The van der Waals surface area contributed by atoms with E-state index >= 15 is 0 Å². The highest BCUT2D eigenvalue weighted by molar-refractivity contribution is 7.17. The molecule has 30 heavy (non-hydrogen) atoms. The van der Waals surface area contributed by atoms with Crippen LogP contribution in [0.25, 0.3) is 10.2 Å². The maximum atomic E-state index is 12.6. The number of thiazole rings is 1. The first-order valence-electron chi connectivity index (χ1n) is 10.6. The summed E-state index contributed by atoms with van der Waals surface area (Å²) >= 11 is 1.56. The molecule has 2 amide bonds. The molecule has 1 saturated carbocycles. The number of nitrogens with zero attached hydrogens (tertiary/aromatic N) is 1. The van der Waals surface area contributed by atoms with Gasteiger partial charge in [0.2, 0.25) is 5.91 Å². The Balaban J connectivity index is 1.23. The molecule has 4 N–H and O–H groups in total. The van der Waals surface area contributed by atoms with Crippen LogP contribution in [-0.2, 0) is 16.0 Å². The predicted octanol–water partition coefficient (Wildman–Crippen LogP) is 2.45. The molecule has 0 bridgehead atoms. The second-order valence-electron chi connectivity index (χ2n) is 8.44. The molecule has 8 nitrogen and oxygen atoms in total. The zero-order valence-corrected chi connectivity index (χ0v) is 18.1. The van der Waals surface area contributed by atoms with Gasteiger partial charge in [-0.3, -0.25) is 10.2 Å². The number of fused-ring (bicyclic) bond motifs is 1. The molecular weight excluding hydrogens is 402 g/mol. The maximum absolute atomic E-state index is 12.6. The molecule has 2 fully saturated rings. The summed E-state index contributed by atoms with van der Waals surface area (Å²) in [5.41, 5.74) is 10.3. The minimum Gasteiger partial charge on any atom is -0.446 e. The van der Waals surface area contributed by atoms with Gasteiger partial charge in [0.05, 0.1) is 28.3 Å². The Morgan fingerprint density at radius 3 is 2.97 bits per heavy atom. The van der Waals surface area contributed by atoms with E-state index in [1.807, 2.05) is 37.6 Å². The number of hydrogen-bond donors (Lipinski definition) is 4. The molecule has 2 aromatic rings. The van der Waals surface area contributed by atoms with Crippen molar-refractivity contribution in [1.82, 2.24) is 26.5 Å². The Morgan fingerprint density at radius 1 is 1.27 bits per heavy atom. The van der Waals surface area contributed by atoms with E-state index in [1.54, 1.807) is 11.3 Å². The van der Waals surface area contributed by atoms with Crippen LogP contribution in [-0.4, -0.2) is 41.3 Å². The van der Waals surface area contributed by atoms with E-state index < -0.39 is 0 Å². The topological polar surface area (TPSA) is 104 Å². The normalized spacial score (nSPS) is 26.2. The van der Waals surface area contributed by atoms with Crippen molar-refractivity contribution in [1.29, 1.82) is 0 Å². The molecule has 2 unspecified atom stereocenters. The Morgan fingerprint density at radius 2 is 2.13 bits per heavy atom. The van der Waals surface area contributed by atoms with Crippen molar-refractivity contribution in [3.8, 4) is 0 Å². The predicted molar refractivity (Wildman–Crippen MR) is 116 cm³/mol. The van der Waals surface area contributed by atoms with Gasteiger partial charge >= 0.3 is 6.09 Å². The summed E-state index contributed by atoms with van der Waals surface area (Å²) in [5.74, 6) is 0.413. The van der Waals surface area contributed by atoms with Gasteiger partial charge in [-0.15, -0.1) is 11.3 Å². The van der Waals surface area contributed by atoms with Crippen LogP contribution >= 0.6 is 11.3 Å². The van der Waals surface area contributed by atoms with E-state index in [2.05, 4.69) is 26.5 Å². The highest BCUT2D eigenvalue weighted by atomic mass is 32.1. The third-order valence-electron chi connectivity index (χ3n) is 5.73. The molecule has 162 valence electrons. The number of carbonyl (C=O) groups excluding carboxylic acids is 2. The van der Waals surface area contributed by atoms with Crippen LogP contribution in [0, 0.1) is 5.92 Å². The molecule has 2 heterocycles. The van der Waals surface area contributed by atoms with Crippen LogP contribution < -0.4 is 21.5 Å². The first-order valence-corrected chi connectivity index (χ1v) is 11.4. The molecular formula is C21H29N5O3S. The Kier molecular flexibility index (Phi) is 6.50. The third-order valence-corrected chi connectivity index (χ3v) is 6.65. The molecule has 1 aromatic heterocycles. The van der Waals surface area contributed by atoms with Crippen LogP contribution in [0.1, 0.15) is 45.1 Å². The lowest BCUT2D eigenvalue weighted by molar-refractivity contribution is -0.121. The average Bonchev–Trinajstić information content (AvgIpc) is 3.41. The number of nitrogens with one attached hydrogen (secondary N) is 4. The van der Waals surface area contributed by atoms with Crippen molar-refractivity contribution in [3.63, 3.8) is 0 Å². The first kappa shape index (κ1) is 21.0. The Hall–Kier alpha value is -2.23. The quantitative estimate of drug-likeness (QED) is 0.560. The van der Waals surface area contributed by atoms with Gasteiger partial charge in [0.25, 0.3) is 0 Å². The van der Waals surface area contributed by atoms with Gasteiger partial charge in [0.15, 0.2) is 0 Å². The van der Waals surface area contributed by atoms with Crippen molar-refractivity contribution < 1.29 is 14.3 Å². The van der Waals surface area contributed by atoms with Crippen LogP contribution in [0.5, 0.6) is 0 Å². The third kappa shape index (κ3) is 5.08. The average molecular weight is 432 g/mol. The molecule has 0 spiro atoms. The van der Waals surface area contributed by atoms with E-state index in [1.165, 1.54) is 0 Å². The molecule has 1 aliphatic carbocycles. The number of alkyl carbamates (subject to hydrolysis) is 1. The zero-order chi connectivity index (χ0) is 21.1. The van der Waals surface area contributed by atoms with Gasteiger partial charge in [-0.1, -0.05) is 12.1 Å². The molecule has 1 saturated heterocycles. The van der Waals surface area contributed by atoms with E-state index in [4.69, 9.17) is 4.74 Å². The molecule has 4 atom stereocenters. The minimum absolute atomic E-state index is 0.00571. The fourth-order valence-electron chi connectivity index (χ4n) is 4.35. The van der Waals surface area contributed by atoms with Crippen molar-refractivity contribution >= 4 is 33.6 Å². The summed E-state index contributed by atoms with van der Waals surface area (Å²) in [6, 6.07) is 6.21. The number of hydrazine groups is 1. The van der Waals surface area contributed by atoms with Gasteiger partial charge in [-0.2, -0.15) is 0 Å². The number of aromatic nitrogens is 1. The summed E-state index contributed by atoms with van der Waals surface area (Å²) in [5, 5.41) is 5.85. The fourth-order valence-corrected chi connectivity index (χ4v) is 5.16. The number of ether oxygens (including phenoxy) is 1. The number of rotatable bonds is 6. The number of amides is 2. The summed E-state index contributed by atoms with van der Waals surface area (Å²) in [4.78, 5) is 28.7. The fraction of sp³-hybridized carbons (Fsp3) is 0.571. The standard InChI is InChI=1S/C21H29N5O3S/c1-12(2)23-21(28)29-15-7-6-13(8-15)17-10-18(26-25-17)24-19(27)9-14-4-3-5-16-20(14)30-11-22-16/h3-5,11-13,15,17-18,25-26H,6-10H2,1-2H3,(H,23,28)(H,24,27)/t13-,15+,17?,18?/m0/s1. The molecule has 2 aliphatic rings. The van der Waals surface area contributed by atoms with Crippen LogP contribution in [0.3, 0.4) is 0 Å². The lowest BCUT2D eigenvalue weighted by Gasteiger charge is -2.18. The van der Waals surface area contributed by atoms with Crippen LogP contribution in [0.4, 0.5) is 4.79 Å². The summed E-state index contributed by atoms with van der Waals surface area (Å²) in [6.07, 6.45) is 3.40. The zero-order valence-electron chi connectivity index (χ0n) is 17.3. The van der Waals surface area contributed by atoms with Crippen LogP contribution in [0.2, 0.25) is 0 Å². The molecule has 1 aromatic carbocycles.